The van der Waals surface area contributed by atoms with E-state index in [1.165, 1.54) is 37.3 Å². The number of amides is 1. The molecule has 33 heavy (non-hydrogen) atoms. The number of carbonyl (C=O) groups is 1. The Bertz CT molecular complexity index is 1400. The predicted octanol–water partition coefficient (Wildman–Crippen LogP) is 3.49. The maximum atomic E-state index is 13.4. The molecule has 174 valence electrons. The number of para-hydroxylation sites is 1. The standard InChI is InChI=1S/C21H19F3N4O4S/c1-12-8-9-14(11-16(12)27-33(3,31)32)25-20(30)19-18(29)10-13(2)28(26-19)17-7-5-4-6-15(17)21(22,23)24/h4-11,27H,1-3H3,(H,25,30). The molecule has 3 aromatic rings. The Morgan fingerprint density at radius 3 is 2.36 bits per heavy atom. The van der Waals surface area contributed by atoms with E-state index in [-0.39, 0.29) is 22.8 Å². The Hall–Kier alpha value is -3.67. The number of hydrogen-bond donors (Lipinski definition) is 2. The number of alkyl halides is 3. The fourth-order valence-electron chi connectivity index (χ4n) is 3.05. The fourth-order valence-corrected chi connectivity index (χ4v) is 3.67. The molecule has 0 aliphatic heterocycles. The van der Waals surface area contributed by atoms with E-state index in [0.29, 0.717) is 5.56 Å². The first kappa shape index (κ1) is 24.0. The molecule has 0 aliphatic rings. The number of nitrogens with one attached hydrogen (secondary N) is 2. The van der Waals surface area contributed by atoms with Gasteiger partial charge in [-0.25, -0.2) is 13.1 Å². The van der Waals surface area contributed by atoms with Crippen molar-refractivity contribution in [3.63, 3.8) is 0 Å². The van der Waals surface area contributed by atoms with Crippen LogP contribution in [0.15, 0.2) is 53.3 Å². The molecule has 0 saturated heterocycles. The number of aromatic nitrogens is 2. The lowest BCUT2D eigenvalue weighted by atomic mass is 10.1. The molecule has 2 N–H and O–H groups in total. The lowest BCUT2D eigenvalue weighted by Gasteiger charge is -2.17. The minimum atomic E-state index is -4.68. The van der Waals surface area contributed by atoms with Gasteiger partial charge in [-0.05, 0) is 43.7 Å². The third-order valence-electron chi connectivity index (χ3n) is 4.55. The van der Waals surface area contributed by atoms with Crippen LogP contribution >= 0.6 is 0 Å². The van der Waals surface area contributed by atoms with Crippen LogP contribution in [0, 0.1) is 13.8 Å². The molecule has 8 nitrogen and oxygen atoms in total. The molecule has 0 aliphatic carbocycles. The van der Waals surface area contributed by atoms with Gasteiger partial charge in [-0.2, -0.15) is 18.3 Å². The number of carbonyl (C=O) groups excluding carboxylic acids is 1. The first-order chi connectivity index (χ1) is 15.3. The number of benzene rings is 2. The van der Waals surface area contributed by atoms with Crippen LogP contribution in [0.3, 0.4) is 0 Å². The van der Waals surface area contributed by atoms with Gasteiger partial charge in [0.05, 0.1) is 23.2 Å². The Balaban J connectivity index is 2.02. The third kappa shape index (κ3) is 5.58. The van der Waals surface area contributed by atoms with Gasteiger partial charge in [-0.15, -0.1) is 0 Å². The van der Waals surface area contributed by atoms with Crippen molar-refractivity contribution in [1.82, 2.24) is 9.78 Å². The molecule has 0 radical (unpaired) electrons. The zero-order chi connectivity index (χ0) is 24.6. The topological polar surface area (TPSA) is 110 Å². The average Bonchev–Trinajstić information content (AvgIpc) is 2.69. The molecule has 0 saturated carbocycles. The van der Waals surface area contributed by atoms with E-state index >= 15 is 0 Å². The van der Waals surface area contributed by atoms with Gasteiger partial charge in [-0.1, -0.05) is 18.2 Å². The fraction of sp³-hybridized carbons (Fsp3) is 0.190. The lowest BCUT2D eigenvalue weighted by molar-refractivity contribution is -0.137. The van der Waals surface area contributed by atoms with Crippen molar-refractivity contribution in [3.05, 3.63) is 81.3 Å². The van der Waals surface area contributed by atoms with E-state index in [0.717, 1.165) is 23.1 Å². The van der Waals surface area contributed by atoms with Crippen LogP contribution < -0.4 is 15.5 Å². The summed E-state index contributed by atoms with van der Waals surface area (Å²) in [6.45, 7) is 3.05. The summed E-state index contributed by atoms with van der Waals surface area (Å²) < 4.78 is 66.6. The molecule has 2 aromatic carbocycles. The van der Waals surface area contributed by atoms with Crippen LogP contribution in [-0.2, 0) is 16.2 Å². The van der Waals surface area contributed by atoms with Crippen LogP contribution in [0.2, 0.25) is 0 Å². The molecule has 3 rings (SSSR count). The average molecular weight is 480 g/mol. The summed E-state index contributed by atoms with van der Waals surface area (Å²) in [5.41, 5.74) is -1.69. The monoisotopic (exact) mass is 480 g/mol. The van der Waals surface area contributed by atoms with Crippen molar-refractivity contribution in [3.8, 4) is 5.69 Å². The van der Waals surface area contributed by atoms with Crippen LogP contribution in [0.4, 0.5) is 24.5 Å². The molecule has 1 heterocycles. The third-order valence-corrected chi connectivity index (χ3v) is 5.14. The molecular formula is C21H19F3N4O4S. The van der Waals surface area contributed by atoms with E-state index in [2.05, 4.69) is 15.1 Å². The quantitative estimate of drug-likeness (QED) is 0.581. The molecule has 1 amide bonds. The summed E-state index contributed by atoms with van der Waals surface area (Å²) in [5, 5.41) is 6.32. The summed E-state index contributed by atoms with van der Waals surface area (Å²) in [4.78, 5) is 25.1. The van der Waals surface area contributed by atoms with Gasteiger partial charge in [-0.3, -0.25) is 14.3 Å². The maximum absolute atomic E-state index is 13.4. The second-order valence-electron chi connectivity index (χ2n) is 7.28. The molecule has 0 spiro atoms. The number of anilines is 2. The Labute approximate surface area is 187 Å². The van der Waals surface area contributed by atoms with Gasteiger partial charge >= 0.3 is 6.18 Å². The number of hydrogen-bond acceptors (Lipinski definition) is 5. The van der Waals surface area contributed by atoms with Crippen molar-refractivity contribution < 1.29 is 26.4 Å². The summed E-state index contributed by atoms with van der Waals surface area (Å²) in [6, 6.07) is 10.0. The smallest absolute Gasteiger partial charge is 0.320 e. The van der Waals surface area contributed by atoms with Crippen molar-refractivity contribution >= 4 is 27.3 Å². The number of halogens is 3. The Morgan fingerprint density at radius 1 is 1.06 bits per heavy atom. The van der Waals surface area contributed by atoms with Crippen LogP contribution in [0.25, 0.3) is 5.69 Å². The second-order valence-corrected chi connectivity index (χ2v) is 9.03. The molecule has 0 fully saturated rings. The van der Waals surface area contributed by atoms with Crippen molar-refractivity contribution in [2.24, 2.45) is 0 Å². The number of sulfonamides is 1. The zero-order valence-corrected chi connectivity index (χ0v) is 18.5. The summed E-state index contributed by atoms with van der Waals surface area (Å²) in [5.74, 6) is -0.965. The lowest BCUT2D eigenvalue weighted by Crippen LogP contribution is -2.27. The molecule has 12 heteroatoms. The van der Waals surface area contributed by atoms with E-state index < -0.39 is 38.8 Å². The van der Waals surface area contributed by atoms with Gasteiger partial charge in [0.2, 0.25) is 15.5 Å². The van der Waals surface area contributed by atoms with E-state index in [1.807, 2.05) is 0 Å². The molecule has 0 atom stereocenters. The highest BCUT2D eigenvalue weighted by atomic mass is 32.2. The highest BCUT2D eigenvalue weighted by Crippen LogP contribution is 2.33. The van der Waals surface area contributed by atoms with Gasteiger partial charge in [0.25, 0.3) is 5.91 Å². The largest absolute Gasteiger partial charge is 0.418 e. The zero-order valence-electron chi connectivity index (χ0n) is 17.7. The SMILES string of the molecule is Cc1ccc(NC(=O)c2nn(-c3ccccc3C(F)(F)F)c(C)cc2=O)cc1NS(C)(=O)=O. The number of nitrogens with zero attached hydrogens (tertiary/aromatic N) is 2. The van der Waals surface area contributed by atoms with Gasteiger partial charge in [0, 0.05) is 17.4 Å². The van der Waals surface area contributed by atoms with E-state index in [9.17, 15) is 31.2 Å². The van der Waals surface area contributed by atoms with Gasteiger partial charge < -0.3 is 5.32 Å². The van der Waals surface area contributed by atoms with Crippen molar-refractivity contribution in [2.75, 3.05) is 16.3 Å². The maximum Gasteiger partial charge on any atom is 0.418 e. The first-order valence-corrected chi connectivity index (χ1v) is 11.3. The molecule has 0 bridgehead atoms. The van der Waals surface area contributed by atoms with Crippen LogP contribution in [0.5, 0.6) is 0 Å². The van der Waals surface area contributed by atoms with E-state index in [4.69, 9.17) is 0 Å². The first-order valence-electron chi connectivity index (χ1n) is 9.43. The Kier molecular flexibility index (Phi) is 6.32. The minimum absolute atomic E-state index is 0.100. The van der Waals surface area contributed by atoms with E-state index in [1.54, 1.807) is 13.0 Å². The highest BCUT2D eigenvalue weighted by Gasteiger charge is 2.34. The summed E-state index contributed by atoms with van der Waals surface area (Å²) in [6.07, 6.45) is -3.71. The second kappa shape index (κ2) is 8.70. The molecule has 0 unspecified atom stereocenters. The van der Waals surface area contributed by atoms with Gasteiger partial charge in [0.15, 0.2) is 5.69 Å². The van der Waals surface area contributed by atoms with Crippen LogP contribution in [0.1, 0.15) is 27.3 Å². The highest BCUT2D eigenvalue weighted by molar-refractivity contribution is 7.92. The minimum Gasteiger partial charge on any atom is -0.320 e. The summed E-state index contributed by atoms with van der Waals surface area (Å²) >= 11 is 0. The normalized spacial score (nSPS) is 11.8. The van der Waals surface area contributed by atoms with Crippen molar-refractivity contribution in [2.45, 2.75) is 20.0 Å². The Morgan fingerprint density at radius 2 is 1.73 bits per heavy atom. The number of rotatable bonds is 5. The number of aryl methyl sites for hydroxylation is 2. The van der Waals surface area contributed by atoms with Crippen molar-refractivity contribution in [1.29, 1.82) is 0 Å². The molecule has 1 aromatic heterocycles. The van der Waals surface area contributed by atoms with Gasteiger partial charge in [0.1, 0.15) is 0 Å². The predicted molar refractivity (Wildman–Crippen MR) is 117 cm³/mol. The molecular weight excluding hydrogens is 461 g/mol. The van der Waals surface area contributed by atoms with Crippen LogP contribution in [-0.4, -0.2) is 30.4 Å². The summed E-state index contributed by atoms with van der Waals surface area (Å²) in [7, 11) is -3.58.